The first-order valence-corrected chi connectivity index (χ1v) is 16.0. The average Bonchev–Trinajstić information content (AvgIpc) is 2.87. The van der Waals surface area contributed by atoms with Gasteiger partial charge in [-0.3, -0.25) is 0 Å². The molecule has 4 rings (SSSR count). The van der Waals surface area contributed by atoms with Gasteiger partial charge in [-0.25, -0.2) is 8.61 Å². The van der Waals surface area contributed by atoms with E-state index in [1.54, 1.807) is 42.6 Å². The third-order valence-corrected chi connectivity index (χ3v) is 10.7. The van der Waals surface area contributed by atoms with Crippen LogP contribution in [0.15, 0.2) is 117 Å². The van der Waals surface area contributed by atoms with Gasteiger partial charge >= 0.3 is 10.1 Å². The SMILES string of the molecule is Cc1ccc(S(=O)(=O)OS(c2ccc(OC(C)(C)C)cc2)(c2ccc(OC(C)(C)C)cc2)c2ccccn2)cc1. The van der Waals surface area contributed by atoms with E-state index in [1.807, 2.05) is 103 Å². The van der Waals surface area contributed by atoms with Gasteiger partial charge in [0.15, 0.2) is 0 Å². The topological polar surface area (TPSA) is 74.7 Å². The molecule has 0 saturated heterocycles. The summed E-state index contributed by atoms with van der Waals surface area (Å²) in [6, 6.07) is 26.8. The van der Waals surface area contributed by atoms with Crippen LogP contribution in [0.5, 0.6) is 11.5 Å². The van der Waals surface area contributed by atoms with E-state index in [9.17, 15) is 8.42 Å². The van der Waals surface area contributed by atoms with E-state index in [0.717, 1.165) is 5.56 Å². The van der Waals surface area contributed by atoms with E-state index in [2.05, 4.69) is 4.98 Å². The predicted octanol–water partition coefficient (Wildman–Crippen LogP) is 8.35. The molecular formula is C32H37NO5S2. The van der Waals surface area contributed by atoms with Gasteiger partial charge in [-0.2, -0.15) is 8.42 Å². The van der Waals surface area contributed by atoms with E-state index in [4.69, 9.17) is 13.1 Å². The second-order valence-electron chi connectivity index (χ2n) is 11.4. The zero-order chi connectivity index (χ0) is 29.2. The molecule has 4 aromatic rings. The fourth-order valence-electron chi connectivity index (χ4n) is 3.99. The molecule has 8 heteroatoms. The standard InChI is InChI=1S/C32H37NO5S2/c1-24-11-17-29(18-12-24)40(34,35)38-39(30-10-8-9-23-33-30,27-19-13-25(14-20-27)36-31(2,3)4)28-21-15-26(16-22-28)37-32(5,6)7/h8-23H,1-7H3. The number of rotatable bonds is 8. The summed E-state index contributed by atoms with van der Waals surface area (Å²) in [5, 5.41) is 0.500. The third kappa shape index (κ3) is 7.05. The van der Waals surface area contributed by atoms with Crippen LogP contribution in [0.4, 0.5) is 0 Å². The fourth-order valence-corrected chi connectivity index (χ4v) is 9.03. The molecule has 0 spiro atoms. The van der Waals surface area contributed by atoms with Gasteiger partial charge in [0.1, 0.15) is 27.7 Å². The molecule has 40 heavy (non-hydrogen) atoms. The Bertz CT molecular complexity index is 1460. The summed E-state index contributed by atoms with van der Waals surface area (Å²) in [7, 11) is -7.10. The number of hydrogen-bond acceptors (Lipinski definition) is 6. The number of hydrogen-bond donors (Lipinski definition) is 0. The van der Waals surface area contributed by atoms with Crippen molar-refractivity contribution < 1.29 is 21.5 Å². The molecule has 0 saturated carbocycles. The summed E-state index contributed by atoms with van der Waals surface area (Å²) >= 11 is 0. The Balaban J connectivity index is 1.94. The second kappa shape index (κ2) is 11.3. The largest absolute Gasteiger partial charge is 0.488 e. The first-order chi connectivity index (χ1) is 18.7. The van der Waals surface area contributed by atoms with Crippen molar-refractivity contribution >= 4 is 20.4 Å². The van der Waals surface area contributed by atoms with Crippen LogP contribution >= 0.6 is 10.3 Å². The monoisotopic (exact) mass is 579 g/mol. The van der Waals surface area contributed by atoms with Crippen molar-refractivity contribution in [2.75, 3.05) is 0 Å². The van der Waals surface area contributed by atoms with E-state index in [-0.39, 0.29) is 16.1 Å². The smallest absolute Gasteiger partial charge is 0.307 e. The Kier molecular flexibility index (Phi) is 8.36. The number of aryl methyl sites for hydroxylation is 1. The molecule has 0 atom stereocenters. The van der Waals surface area contributed by atoms with Gasteiger partial charge in [-0.05, 0) is 132 Å². The summed E-state index contributed by atoms with van der Waals surface area (Å²) < 4.78 is 46.3. The lowest BCUT2D eigenvalue weighted by molar-refractivity contribution is 0.130. The van der Waals surface area contributed by atoms with E-state index >= 15 is 0 Å². The van der Waals surface area contributed by atoms with Gasteiger partial charge < -0.3 is 9.47 Å². The van der Waals surface area contributed by atoms with E-state index in [1.165, 1.54) is 0 Å². The maximum Gasteiger partial charge on any atom is 0.307 e. The van der Waals surface area contributed by atoms with Crippen LogP contribution in [-0.4, -0.2) is 24.6 Å². The van der Waals surface area contributed by atoms with Gasteiger partial charge in [0, 0.05) is 16.0 Å². The maximum atomic E-state index is 13.9. The minimum atomic E-state index is -4.22. The zero-order valence-electron chi connectivity index (χ0n) is 24.0. The summed E-state index contributed by atoms with van der Waals surface area (Å²) in [6.45, 7) is 13.8. The Morgan fingerprint density at radius 2 is 1.05 bits per heavy atom. The van der Waals surface area contributed by atoms with Crippen LogP contribution in [0.3, 0.4) is 0 Å². The van der Waals surface area contributed by atoms with Crippen molar-refractivity contribution in [3.63, 3.8) is 0 Å². The minimum Gasteiger partial charge on any atom is -0.488 e. The maximum absolute atomic E-state index is 13.9. The van der Waals surface area contributed by atoms with E-state index < -0.39 is 20.4 Å². The molecule has 0 N–H and O–H groups in total. The summed E-state index contributed by atoms with van der Waals surface area (Å²) in [4.78, 5) is 6.04. The van der Waals surface area contributed by atoms with Gasteiger partial charge in [0.25, 0.3) is 0 Å². The van der Waals surface area contributed by atoms with Crippen LogP contribution in [-0.2, 0) is 13.7 Å². The fraction of sp³-hybridized carbons (Fsp3) is 0.281. The predicted molar refractivity (Wildman–Crippen MR) is 160 cm³/mol. The van der Waals surface area contributed by atoms with Crippen LogP contribution in [0.25, 0.3) is 0 Å². The van der Waals surface area contributed by atoms with Crippen molar-refractivity contribution in [3.05, 3.63) is 103 Å². The molecule has 1 heterocycles. The summed E-state index contributed by atoms with van der Waals surface area (Å²) in [5.74, 6) is 1.33. The molecule has 0 aliphatic carbocycles. The highest BCUT2D eigenvalue weighted by molar-refractivity contribution is 8.33. The Morgan fingerprint density at radius 1 is 0.600 bits per heavy atom. The van der Waals surface area contributed by atoms with Crippen LogP contribution in [0, 0.1) is 6.92 Å². The molecule has 0 amide bonds. The van der Waals surface area contributed by atoms with Gasteiger partial charge in [-0.1, -0.05) is 23.8 Å². The molecule has 3 aromatic carbocycles. The lowest BCUT2D eigenvalue weighted by Gasteiger charge is -2.38. The molecular weight excluding hydrogens is 542 g/mol. The normalized spacial score (nSPS) is 13.1. The highest BCUT2D eigenvalue weighted by Gasteiger charge is 2.39. The van der Waals surface area contributed by atoms with E-state index in [0.29, 0.717) is 26.3 Å². The van der Waals surface area contributed by atoms with Crippen LogP contribution in [0.2, 0.25) is 0 Å². The molecule has 0 fully saturated rings. The van der Waals surface area contributed by atoms with Gasteiger partial charge in [-0.15, -0.1) is 0 Å². The first kappa shape index (κ1) is 29.6. The molecule has 0 unspecified atom stereocenters. The van der Waals surface area contributed by atoms with Gasteiger partial charge in [0.05, 0.1) is 4.90 Å². The van der Waals surface area contributed by atoms with Crippen molar-refractivity contribution in [2.45, 2.75) is 79.4 Å². The highest BCUT2D eigenvalue weighted by Crippen LogP contribution is 2.69. The first-order valence-electron chi connectivity index (χ1n) is 13.0. The zero-order valence-corrected chi connectivity index (χ0v) is 25.7. The van der Waals surface area contributed by atoms with Crippen molar-refractivity contribution in [1.29, 1.82) is 0 Å². The molecule has 212 valence electrons. The van der Waals surface area contributed by atoms with Crippen molar-refractivity contribution in [2.24, 2.45) is 0 Å². The molecule has 1 aromatic heterocycles. The van der Waals surface area contributed by atoms with Crippen molar-refractivity contribution in [3.8, 4) is 11.5 Å². The molecule has 0 aliphatic heterocycles. The Morgan fingerprint density at radius 3 is 1.45 bits per heavy atom. The lowest BCUT2D eigenvalue weighted by Crippen LogP contribution is -2.23. The Hall–Kier alpha value is -3.33. The highest BCUT2D eigenvalue weighted by atomic mass is 32.3. The lowest BCUT2D eigenvalue weighted by atomic mass is 10.2. The number of ether oxygens (including phenoxy) is 2. The van der Waals surface area contributed by atoms with Gasteiger partial charge in [0.2, 0.25) is 0 Å². The third-order valence-electron chi connectivity index (χ3n) is 5.59. The minimum absolute atomic E-state index is 0.0753. The molecule has 0 bridgehead atoms. The average molecular weight is 580 g/mol. The number of nitrogens with zero attached hydrogens (tertiary/aromatic N) is 1. The molecule has 0 radical (unpaired) electrons. The van der Waals surface area contributed by atoms with Crippen LogP contribution in [0.1, 0.15) is 47.1 Å². The number of pyridine rings is 1. The molecule has 0 aliphatic rings. The summed E-state index contributed by atoms with van der Waals surface area (Å²) in [6.07, 6.45) is 1.65. The molecule has 6 nitrogen and oxygen atoms in total. The second-order valence-corrected chi connectivity index (χ2v) is 15.8. The summed E-state index contributed by atoms with van der Waals surface area (Å²) in [5.41, 5.74) is 0.174. The van der Waals surface area contributed by atoms with Crippen molar-refractivity contribution in [1.82, 2.24) is 4.98 Å². The number of benzene rings is 3. The van der Waals surface area contributed by atoms with Crippen LogP contribution < -0.4 is 9.47 Å². The number of aromatic nitrogens is 1. The quantitative estimate of drug-likeness (QED) is 0.209. The Labute approximate surface area is 240 Å².